The molecular formula is C15H28N2O2. The van der Waals surface area contributed by atoms with Gasteiger partial charge in [-0.3, -0.25) is 4.79 Å². The molecule has 0 aromatic carbocycles. The van der Waals surface area contributed by atoms with Crippen LogP contribution in [0.15, 0.2) is 0 Å². The van der Waals surface area contributed by atoms with E-state index in [9.17, 15) is 4.79 Å². The molecule has 0 amide bonds. The Labute approximate surface area is 116 Å². The molecule has 1 aliphatic heterocycles. The van der Waals surface area contributed by atoms with E-state index in [1.54, 1.807) is 0 Å². The summed E-state index contributed by atoms with van der Waals surface area (Å²) < 4.78 is 0. The molecule has 0 bridgehead atoms. The normalized spacial score (nSPS) is 32.1. The van der Waals surface area contributed by atoms with Crippen molar-refractivity contribution < 1.29 is 9.90 Å². The summed E-state index contributed by atoms with van der Waals surface area (Å²) >= 11 is 0. The van der Waals surface area contributed by atoms with Crippen molar-refractivity contribution in [2.45, 2.75) is 51.5 Å². The van der Waals surface area contributed by atoms with E-state index in [-0.39, 0.29) is 5.92 Å². The molecule has 1 saturated carbocycles. The third kappa shape index (κ3) is 4.18. The molecule has 4 heteroatoms. The number of aliphatic carboxylic acids is 1. The van der Waals surface area contributed by atoms with Gasteiger partial charge in [0.25, 0.3) is 0 Å². The van der Waals surface area contributed by atoms with E-state index >= 15 is 0 Å². The lowest BCUT2D eigenvalue weighted by Crippen LogP contribution is -2.46. The molecule has 0 aromatic rings. The molecule has 2 rings (SSSR count). The minimum atomic E-state index is -0.614. The van der Waals surface area contributed by atoms with Crippen LogP contribution in [0.1, 0.15) is 45.4 Å². The fraction of sp³-hybridized carbons (Fsp3) is 0.933. The van der Waals surface area contributed by atoms with Crippen molar-refractivity contribution in [2.24, 2.45) is 11.3 Å². The van der Waals surface area contributed by atoms with Gasteiger partial charge in [0.05, 0.1) is 5.92 Å². The van der Waals surface area contributed by atoms with Gasteiger partial charge in [-0.05, 0) is 57.7 Å². The molecule has 110 valence electrons. The van der Waals surface area contributed by atoms with Crippen molar-refractivity contribution >= 4 is 5.97 Å². The maximum absolute atomic E-state index is 11.1. The van der Waals surface area contributed by atoms with Crippen LogP contribution in [0.25, 0.3) is 0 Å². The summed E-state index contributed by atoms with van der Waals surface area (Å²) in [6.45, 7) is 5.77. The van der Waals surface area contributed by atoms with E-state index in [0.717, 1.165) is 32.2 Å². The molecule has 2 aliphatic rings. The quantitative estimate of drug-likeness (QED) is 0.818. The van der Waals surface area contributed by atoms with Crippen LogP contribution in [0.4, 0.5) is 0 Å². The topological polar surface area (TPSA) is 52.6 Å². The fourth-order valence-electron chi connectivity index (χ4n) is 3.33. The largest absolute Gasteiger partial charge is 0.481 e. The Morgan fingerprint density at radius 2 is 2.05 bits per heavy atom. The van der Waals surface area contributed by atoms with Crippen molar-refractivity contribution in [2.75, 3.05) is 26.7 Å². The number of carboxylic acid groups (broad SMARTS) is 1. The van der Waals surface area contributed by atoms with E-state index in [1.807, 2.05) is 0 Å². The molecule has 1 heterocycles. The Bertz CT molecular complexity index is 311. The summed E-state index contributed by atoms with van der Waals surface area (Å²) in [4.78, 5) is 13.5. The summed E-state index contributed by atoms with van der Waals surface area (Å²) in [6, 6.07) is 0.409. The van der Waals surface area contributed by atoms with Crippen LogP contribution < -0.4 is 5.32 Å². The van der Waals surface area contributed by atoms with Gasteiger partial charge in [0, 0.05) is 12.6 Å². The van der Waals surface area contributed by atoms with Gasteiger partial charge in [-0.25, -0.2) is 0 Å². The molecule has 0 aromatic heterocycles. The van der Waals surface area contributed by atoms with Gasteiger partial charge in [-0.1, -0.05) is 13.3 Å². The van der Waals surface area contributed by atoms with Crippen molar-refractivity contribution in [1.82, 2.24) is 10.2 Å². The van der Waals surface area contributed by atoms with E-state index in [4.69, 9.17) is 5.11 Å². The van der Waals surface area contributed by atoms with E-state index in [0.29, 0.717) is 11.5 Å². The maximum Gasteiger partial charge on any atom is 0.306 e. The number of nitrogens with one attached hydrogen (secondary N) is 1. The number of rotatable bonds is 4. The predicted molar refractivity (Wildman–Crippen MR) is 76.2 cm³/mol. The molecule has 2 N–H and O–H groups in total. The Morgan fingerprint density at radius 3 is 2.68 bits per heavy atom. The van der Waals surface area contributed by atoms with Crippen LogP contribution in [-0.2, 0) is 4.79 Å². The van der Waals surface area contributed by atoms with Crippen LogP contribution in [0.3, 0.4) is 0 Å². The average Bonchev–Trinajstić information content (AvgIpc) is 2.41. The Kier molecular flexibility index (Phi) is 4.85. The monoisotopic (exact) mass is 268 g/mol. The highest BCUT2D eigenvalue weighted by atomic mass is 16.4. The number of nitrogens with zero attached hydrogens (tertiary/aromatic N) is 1. The van der Waals surface area contributed by atoms with Crippen molar-refractivity contribution in [3.8, 4) is 0 Å². The number of likely N-dealkylation sites (tertiary alicyclic amines) is 1. The van der Waals surface area contributed by atoms with Crippen molar-refractivity contribution in [1.29, 1.82) is 0 Å². The molecule has 2 fully saturated rings. The second-order valence-corrected chi connectivity index (χ2v) is 6.89. The first kappa shape index (κ1) is 14.8. The zero-order valence-electron chi connectivity index (χ0n) is 12.3. The zero-order chi connectivity index (χ0) is 13.9. The SMILES string of the molecule is CN1CCC(C)(CNC2CCCC(C(=O)O)C2)CC1. The van der Waals surface area contributed by atoms with Gasteiger partial charge >= 0.3 is 5.97 Å². The van der Waals surface area contributed by atoms with E-state index in [1.165, 1.54) is 25.9 Å². The Balaban J connectivity index is 1.77. The number of carboxylic acids is 1. The lowest BCUT2D eigenvalue weighted by Gasteiger charge is -2.39. The third-order valence-corrected chi connectivity index (χ3v) is 5.04. The average molecular weight is 268 g/mol. The summed E-state index contributed by atoms with van der Waals surface area (Å²) in [5.74, 6) is -0.742. The first-order chi connectivity index (χ1) is 8.98. The van der Waals surface area contributed by atoms with E-state index in [2.05, 4.69) is 24.2 Å². The number of hydrogen-bond donors (Lipinski definition) is 2. The second kappa shape index (κ2) is 6.23. The minimum absolute atomic E-state index is 0.128. The van der Waals surface area contributed by atoms with Crippen LogP contribution >= 0.6 is 0 Å². The van der Waals surface area contributed by atoms with Gasteiger partial charge < -0.3 is 15.3 Å². The van der Waals surface area contributed by atoms with Gasteiger partial charge in [-0.15, -0.1) is 0 Å². The minimum Gasteiger partial charge on any atom is -0.481 e. The van der Waals surface area contributed by atoms with Gasteiger partial charge in [0.15, 0.2) is 0 Å². The zero-order valence-corrected chi connectivity index (χ0v) is 12.3. The van der Waals surface area contributed by atoms with Crippen LogP contribution in [0.2, 0.25) is 0 Å². The maximum atomic E-state index is 11.1. The number of piperidine rings is 1. The Morgan fingerprint density at radius 1 is 1.37 bits per heavy atom. The lowest BCUT2D eigenvalue weighted by atomic mass is 9.79. The highest BCUT2D eigenvalue weighted by molar-refractivity contribution is 5.70. The van der Waals surface area contributed by atoms with Gasteiger partial charge in [-0.2, -0.15) is 0 Å². The van der Waals surface area contributed by atoms with Crippen molar-refractivity contribution in [3.05, 3.63) is 0 Å². The molecule has 4 nitrogen and oxygen atoms in total. The highest BCUT2D eigenvalue weighted by Gasteiger charge is 2.31. The molecule has 0 spiro atoms. The van der Waals surface area contributed by atoms with E-state index < -0.39 is 5.97 Å². The molecule has 1 saturated heterocycles. The van der Waals surface area contributed by atoms with Crippen LogP contribution in [-0.4, -0.2) is 48.7 Å². The van der Waals surface area contributed by atoms with Crippen LogP contribution in [0.5, 0.6) is 0 Å². The summed E-state index contributed by atoms with van der Waals surface area (Å²) in [5.41, 5.74) is 0.392. The molecule has 19 heavy (non-hydrogen) atoms. The van der Waals surface area contributed by atoms with Crippen molar-refractivity contribution in [3.63, 3.8) is 0 Å². The fourth-order valence-corrected chi connectivity index (χ4v) is 3.33. The lowest BCUT2D eigenvalue weighted by molar-refractivity contribution is -0.143. The standard InChI is InChI=1S/C15H28N2O2/c1-15(6-8-17(2)9-7-15)11-16-13-5-3-4-12(10-13)14(18)19/h12-13,16H,3-11H2,1-2H3,(H,18,19). The number of carbonyl (C=O) groups is 1. The predicted octanol–water partition coefficient (Wildman–Crippen LogP) is 1.95. The first-order valence-corrected chi connectivity index (χ1v) is 7.63. The summed E-state index contributed by atoms with van der Waals surface area (Å²) in [6.07, 6.45) is 6.34. The molecule has 2 atom stereocenters. The van der Waals surface area contributed by atoms with Crippen LogP contribution in [0, 0.1) is 11.3 Å². The number of hydrogen-bond acceptors (Lipinski definition) is 3. The van der Waals surface area contributed by atoms with Gasteiger partial charge in [0.2, 0.25) is 0 Å². The molecule has 1 aliphatic carbocycles. The molecule has 0 radical (unpaired) electrons. The summed E-state index contributed by atoms with van der Waals surface area (Å²) in [5, 5.41) is 12.8. The molecule has 2 unspecified atom stereocenters. The summed E-state index contributed by atoms with van der Waals surface area (Å²) in [7, 11) is 2.19. The Hall–Kier alpha value is -0.610. The second-order valence-electron chi connectivity index (χ2n) is 6.89. The molecular weight excluding hydrogens is 240 g/mol. The first-order valence-electron chi connectivity index (χ1n) is 7.63. The van der Waals surface area contributed by atoms with Gasteiger partial charge in [0.1, 0.15) is 0 Å². The smallest absolute Gasteiger partial charge is 0.306 e. The third-order valence-electron chi connectivity index (χ3n) is 5.04. The highest BCUT2D eigenvalue weighted by Crippen LogP contribution is 2.31.